The number of nitrogens with zero attached hydrogens (tertiary/aromatic N) is 1. The number of pyridine rings is 1. The van der Waals surface area contributed by atoms with Crippen molar-refractivity contribution in [3.63, 3.8) is 0 Å². The third-order valence-corrected chi connectivity index (χ3v) is 4.94. The van der Waals surface area contributed by atoms with E-state index < -0.39 is 11.8 Å². The van der Waals surface area contributed by atoms with Crippen LogP contribution in [0.1, 0.15) is 18.5 Å². The van der Waals surface area contributed by atoms with Crippen LogP contribution in [0.3, 0.4) is 0 Å². The first-order chi connectivity index (χ1) is 12.8. The van der Waals surface area contributed by atoms with Crippen LogP contribution in [-0.4, -0.2) is 23.0 Å². The highest BCUT2D eigenvalue weighted by atomic mass is 35.5. The lowest BCUT2D eigenvalue weighted by Gasteiger charge is -2.26. The predicted molar refractivity (Wildman–Crippen MR) is 106 cm³/mol. The fourth-order valence-electron chi connectivity index (χ4n) is 2.77. The Hall–Kier alpha value is -2.57. The molecule has 0 aliphatic heterocycles. The van der Waals surface area contributed by atoms with Crippen molar-refractivity contribution in [3.8, 4) is 0 Å². The van der Waals surface area contributed by atoms with Gasteiger partial charge >= 0.3 is 6.03 Å². The summed E-state index contributed by atoms with van der Waals surface area (Å²) in [6.45, 7) is 1.83. The number of carbonyl (C=O) groups is 1. The highest BCUT2D eigenvalue weighted by Crippen LogP contribution is 2.27. The SMILES string of the molecule is C[C@H](c1c[nH]c(=O)c2cc(Cl)ccc12)N(C)C(=O)Nc1ccc(F)c(Cl)c1. The summed E-state index contributed by atoms with van der Waals surface area (Å²) in [6.07, 6.45) is 1.59. The van der Waals surface area contributed by atoms with Crippen LogP contribution in [-0.2, 0) is 0 Å². The number of amides is 2. The van der Waals surface area contributed by atoms with Crippen LogP contribution in [0, 0.1) is 5.82 Å². The number of benzene rings is 2. The van der Waals surface area contributed by atoms with Gasteiger partial charge in [0.2, 0.25) is 0 Å². The molecule has 2 amide bonds. The van der Waals surface area contributed by atoms with Gasteiger partial charge < -0.3 is 15.2 Å². The second-order valence-electron chi connectivity index (χ2n) is 6.11. The molecular formula is C19H16Cl2FN3O2. The number of carbonyl (C=O) groups excluding carboxylic acids is 1. The fraction of sp³-hybridized carbons (Fsp3) is 0.158. The van der Waals surface area contributed by atoms with Gasteiger partial charge in [0.15, 0.2) is 0 Å². The first-order valence-corrected chi connectivity index (χ1v) is 8.83. The van der Waals surface area contributed by atoms with Crippen LogP contribution in [0.4, 0.5) is 14.9 Å². The maximum atomic E-state index is 13.3. The smallest absolute Gasteiger partial charge is 0.322 e. The Labute approximate surface area is 164 Å². The van der Waals surface area contributed by atoms with Gasteiger partial charge in [-0.15, -0.1) is 0 Å². The molecule has 0 spiro atoms. The quantitative estimate of drug-likeness (QED) is 0.626. The molecule has 0 aliphatic carbocycles. The molecule has 0 saturated heterocycles. The number of rotatable bonds is 3. The van der Waals surface area contributed by atoms with Gasteiger partial charge in [-0.1, -0.05) is 29.3 Å². The Morgan fingerprint density at radius 2 is 1.93 bits per heavy atom. The first-order valence-electron chi connectivity index (χ1n) is 8.07. The van der Waals surface area contributed by atoms with Gasteiger partial charge in [-0.2, -0.15) is 0 Å². The van der Waals surface area contributed by atoms with Gasteiger partial charge in [0.25, 0.3) is 5.56 Å². The largest absolute Gasteiger partial charge is 0.328 e. The molecule has 8 heteroatoms. The predicted octanol–water partition coefficient (Wildman–Crippen LogP) is 5.20. The maximum Gasteiger partial charge on any atom is 0.322 e. The number of H-pyrrole nitrogens is 1. The monoisotopic (exact) mass is 407 g/mol. The first kappa shape index (κ1) is 19.2. The third kappa shape index (κ3) is 3.91. The molecule has 0 aliphatic rings. The molecule has 5 nitrogen and oxygen atoms in total. The minimum absolute atomic E-state index is 0.0768. The van der Waals surface area contributed by atoms with Crippen molar-refractivity contribution in [2.24, 2.45) is 0 Å². The normalized spacial score (nSPS) is 12.0. The second-order valence-corrected chi connectivity index (χ2v) is 6.95. The molecule has 2 N–H and O–H groups in total. The van der Waals surface area contributed by atoms with E-state index in [0.29, 0.717) is 21.5 Å². The summed E-state index contributed by atoms with van der Waals surface area (Å²) in [6, 6.07) is 8.22. The molecule has 0 saturated carbocycles. The van der Waals surface area contributed by atoms with E-state index in [1.54, 1.807) is 31.4 Å². The van der Waals surface area contributed by atoms with E-state index in [9.17, 15) is 14.0 Å². The summed E-state index contributed by atoms with van der Waals surface area (Å²) in [4.78, 5) is 28.8. The zero-order chi connectivity index (χ0) is 19.7. The van der Waals surface area contributed by atoms with Crippen molar-refractivity contribution in [1.82, 2.24) is 9.88 Å². The number of nitrogens with one attached hydrogen (secondary N) is 2. The lowest BCUT2D eigenvalue weighted by Crippen LogP contribution is -2.34. The van der Waals surface area contributed by atoms with E-state index in [-0.39, 0.29) is 16.6 Å². The minimum Gasteiger partial charge on any atom is -0.328 e. The maximum absolute atomic E-state index is 13.3. The van der Waals surface area contributed by atoms with Gasteiger partial charge in [0.1, 0.15) is 5.82 Å². The van der Waals surface area contributed by atoms with Gasteiger partial charge in [-0.25, -0.2) is 9.18 Å². The van der Waals surface area contributed by atoms with Crippen molar-refractivity contribution in [2.75, 3.05) is 12.4 Å². The van der Waals surface area contributed by atoms with Gasteiger partial charge in [0.05, 0.1) is 11.1 Å². The Bertz CT molecular complexity index is 1080. The Balaban J connectivity index is 1.88. The number of anilines is 1. The summed E-state index contributed by atoms with van der Waals surface area (Å²) < 4.78 is 13.3. The molecule has 3 aromatic rings. The summed E-state index contributed by atoms with van der Waals surface area (Å²) in [7, 11) is 1.62. The van der Waals surface area contributed by atoms with Crippen molar-refractivity contribution in [3.05, 3.63) is 74.4 Å². The van der Waals surface area contributed by atoms with Crippen LogP contribution in [0.2, 0.25) is 10.0 Å². The van der Waals surface area contributed by atoms with Crippen LogP contribution >= 0.6 is 23.2 Å². The number of halogens is 3. The average molecular weight is 408 g/mol. The lowest BCUT2D eigenvalue weighted by atomic mass is 10.0. The minimum atomic E-state index is -0.560. The molecule has 140 valence electrons. The summed E-state index contributed by atoms with van der Waals surface area (Å²) in [5.41, 5.74) is 0.885. The van der Waals surface area contributed by atoms with E-state index in [4.69, 9.17) is 23.2 Å². The standard InChI is InChI=1S/C19H16Cl2FN3O2/c1-10(15-9-23-18(26)14-7-11(20)3-5-13(14)15)25(2)19(27)24-12-4-6-17(22)16(21)8-12/h3-10H,1-2H3,(H,23,26)(H,24,27)/t10-/m1/s1. The number of aromatic amines is 1. The zero-order valence-corrected chi connectivity index (χ0v) is 16.0. The fourth-order valence-corrected chi connectivity index (χ4v) is 3.12. The molecule has 3 rings (SSSR count). The van der Waals surface area contributed by atoms with Crippen LogP contribution in [0.5, 0.6) is 0 Å². The van der Waals surface area contributed by atoms with Crippen molar-refractivity contribution in [2.45, 2.75) is 13.0 Å². The van der Waals surface area contributed by atoms with Crippen LogP contribution in [0.25, 0.3) is 10.8 Å². The highest BCUT2D eigenvalue weighted by Gasteiger charge is 2.20. The van der Waals surface area contributed by atoms with Crippen molar-refractivity contribution in [1.29, 1.82) is 0 Å². The summed E-state index contributed by atoms with van der Waals surface area (Å²) >= 11 is 11.7. The van der Waals surface area contributed by atoms with E-state index in [2.05, 4.69) is 10.3 Å². The lowest BCUT2D eigenvalue weighted by molar-refractivity contribution is 0.208. The van der Waals surface area contributed by atoms with Gasteiger partial charge in [-0.05, 0) is 48.2 Å². The van der Waals surface area contributed by atoms with E-state index in [1.807, 2.05) is 6.92 Å². The average Bonchev–Trinajstić information content (AvgIpc) is 2.64. The molecular weight excluding hydrogens is 392 g/mol. The summed E-state index contributed by atoms with van der Waals surface area (Å²) in [5, 5.41) is 4.21. The highest BCUT2D eigenvalue weighted by molar-refractivity contribution is 6.31. The topological polar surface area (TPSA) is 65.2 Å². The Kier molecular flexibility index (Phi) is 5.39. The Morgan fingerprint density at radius 3 is 2.63 bits per heavy atom. The number of hydrogen-bond donors (Lipinski definition) is 2. The molecule has 27 heavy (non-hydrogen) atoms. The van der Waals surface area contributed by atoms with Crippen LogP contribution < -0.4 is 10.9 Å². The third-order valence-electron chi connectivity index (χ3n) is 4.42. The van der Waals surface area contributed by atoms with Gasteiger partial charge in [-0.3, -0.25) is 4.79 Å². The van der Waals surface area contributed by atoms with Crippen molar-refractivity contribution >= 4 is 45.7 Å². The zero-order valence-electron chi connectivity index (χ0n) is 14.5. The van der Waals surface area contributed by atoms with Crippen LogP contribution in [0.15, 0.2) is 47.4 Å². The molecule has 1 heterocycles. The van der Waals surface area contributed by atoms with Gasteiger partial charge in [0, 0.05) is 29.3 Å². The van der Waals surface area contributed by atoms with E-state index in [1.165, 1.54) is 23.1 Å². The van der Waals surface area contributed by atoms with Crippen molar-refractivity contribution < 1.29 is 9.18 Å². The molecule has 1 aromatic heterocycles. The van der Waals surface area contributed by atoms with E-state index in [0.717, 1.165) is 5.56 Å². The summed E-state index contributed by atoms with van der Waals surface area (Å²) in [5.74, 6) is -0.560. The molecule has 0 radical (unpaired) electrons. The number of hydrogen-bond acceptors (Lipinski definition) is 2. The molecule has 0 unspecified atom stereocenters. The number of aromatic nitrogens is 1. The molecule has 1 atom stereocenters. The molecule has 2 aromatic carbocycles. The van der Waals surface area contributed by atoms with E-state index >= 15 is 0 Å². The molecule has 0 fully saturated rings. The number of fused-ring (bicyclic) bond motifs is 1. The number of urea groups is 1. The second kappa shape index (κ2) is 7.58. The molecule has 0 bridgehead atoms. The Morgan fingerprint density at radius 1 is 1.19 bits per heavy atom.